The molecular formula is C12H18N2O4S2. The van der Waals surface area contributed by atoms with Gasteiger partial charge in [0.1, 0.15) is 5.00 Å². The molecule has 0 saturated carbocycles. The molecule has 0 spiro atoms. The van der Waals surface area contributed by atoms with Crippen molar-refractivity contribution >= 4 is 32.5 Å². The van der Waals surface area contributed by atoms with Crippen LogP contribution in [0.1, 0.15) is 47.0 Å². The molecule has 8 heteroatoms. The van der Waals surface area contributed by atoms with Gasteiger partial charge in [-0.2, -0.15) is 13.1 Å². The standard InChI is InChI=1S/C12H18N2O4S2/c1-2-7-13-20(17,18)14-11-10(12(15)16)8-5-3-4-6-9(8)19-11/h13-14H,2-7H2,1H3,(H,15,16). The van der Waals surface area contributed by atoms with Gasteiger partial charge in [0.15, 0.2) is 0 Å². The van der Waals surface area contributed by atoms with Crippen LogP contribution in [0.4, 0.5) is 5.00 Å². The number of rotatable bonds is 6. The Morgan fingerprint density at radius 1 is 1.35 bits per heavy atom. The van der Waals surface area contributed by atoms with Crippen molar-refractivity contribution in [2.24, 2.45) is 0 Å². The largest absolute Gasteiger partial charge is 0.478 e. The number of aromatic carboxylic acids is 1. The van der Waals surface area contributed by atoms with E-state index in [0.717, 1.165) is 29.7 Å². The molecule has 0 aromatic carbocycles. The van der Waals surface area contributed by atoms with Gasteiger partial charge in [0, 0.05) is 11.4 Å². The van der Waals surface area contributed by atoms with Crippen molar-refractivity contribution < 1.29 is 18.3 Å². The Bertz CT molecular complexity index is 607. The van der Waals surface area contributed by atoms with E-state index < -0.39 is 16.2 Å². The van der Waals surface area contributed by atoms with Gasteiger partial charge in [-0.25, -0.2) is 4.79 Å². The number of hydrogen-bond acceptors (Lipinski definition) is 4. The Hall–Kier alpha value is -1.12. The van der Waals surface area contributed by atoms with Gasteiger partial charge in [-0.15, -0.1) is 11.3 Å². The number of aryl methyl sites for hydroxylation is 1. The van der Waals surface area contributed by atoms with E-state index in [9.17, 15) is 18.3 Å². The van der Waals surface area contributed by atoms with Crippen LogP contribution in [0.25, 0.3) is 0 Å². The first-order valence-electron chi connectivity index (χ1n) is 6.60. The van der Waals surface area contributed by atoms with E-state index >= 15 is 0 Å². The molecule has 1 aromatic rings. The predicted octanol–water partition coefficient (Wildman–Crippen LogP) is 1.98. The molecule has 3 N–H and O–H groups in total. The average molecular weight is 318 g/mol. The van der Waals surface area contributed by atoms with Crippen LogP contribution < -0.4 is 9.44 Å². The molecule has 0 saturated heterocycles. The first-order valence-corrected chi connectivity index (χ1v) is 8.89. The molecule has 1 aliphatic rings. The summed E-state index contributed by atoms with van der Waals surface area (Å²) in [5.41, 5.74) is 0.911. The Balaban J connectivity index is 2.32. The van der Waals surface area contributed by atoms with Crippen molar-refractivity contribution in [3.05, 3.63) is 16.0 Å². The number of carbonyl (C=O) groups is 1. The number of carboxylic acid groups (broad SMARTS) is 1. The zero-order chi connectivity index (χ0) is 14.8. The third-order valence-corrected chi connectivity index (χ3v) is 5.55. The van der Waals surface area contributed by atoms with Crippen LogP contribution in [-0.2, 0) is 23.1 Å². The number of anilines is 1. The highest BCUT2D eigenvalue weighted by Gasteiger charge is 2.27. The van der Waals surface area contributed by atoms with E-state index in [1.165, 1.54) is 11.3 Å². The van der Waals surface area contributed by atoms with Crippen molar-refractivity contribution in [1.82, 2.24) is 4.72 Å². The molecule has 6 nitrogen and oxygen atoms in total. The first kappa shape index (κ1) is 15.3. The topological polar surface area (TPSA) is 95.5 Å². The average Bonchev–Trinajstić information content (AvgIpc) is 2.73. The minimum absolute atomic E-state index is 0.117. The Morgan fingerprint density at radius 2 is 2.05 bits per heavy atom. The highest BCUT2D eigenvalue weighted by molar-refractivity contribution is 7.91. The van der Waals surface area contributed by atoms with Crippen molar-refractivity contribution in [3.63, 3.8) is 0 Å². The zero-order valence-corrected chi connectivity index (χ0v) is 12.9. The molecule has 112 valence electrons. The Labute approximate surface area is 122 Å². The maximum atomic E-state index is 11.8. The van der Waals surface area contributed by atoms with Crippen molar-refractivity contribution in [2.75, 3.05) is 11.3 Å². The summed E-state index contributed by atoms with van der Waals surface area (Å²) in [4.78, 5) is 12.4. The summed E-state index contributed by atoms with van der Waals surface area (Å²) >= 11 is 1.24. The van der Waals surface area contributed by atoms with E-state index in [1.807, 2.05) is 6.92 Å². The minimum Gasteiger partial charge on any atom is -0.478 e. The van der Waals surface area contributed by atoms with Crippen LogP contribution in [-0.4, -0.2) is 26.0 Å². The maximum Gasteiger partial charge on any atom is 0.339 e. The van der Waals surface area contributed by atoms with Gasteiger partial charge in [-0.3, -0.25) is 4.72 Å². The van der Waals surface area contributed by atoms with Crippen LogP contribution in [0.3, 0.4) is 0 Å². The van der Waals surface area contributed by atoms with Gasteiger partial charge in [0.2, 0.25) is 0 Å². The smallest absolute Gasteiger partial charge is 0.339 e. The molecule has 1 aromatic heterocycles. The van der Waals surface area contributed by atoms with Gasteiger partial charge in [-0.1, -0.05) is 6.92 Å². The highest BCUT2D eigenvalue weighted by Crippen LogP contribution is 2.38. The second-order valence-electron chi connectivity index (χ2n) is 4.72. The quantitative estimate of drug-likeness (QED) is 0.747. The summed E-state index contributed by atoms with van der Waals surface area (Å²) in [5.74, 6) is -1.07. The molecule has 0 fully saturated rings. The summed E-state index contributed by atoms with van der Waals surface area (Å²) in [5, 5.41) is 9.55. The van der Waals surface area contributed by atoms with E-state index in [-0.39, 0.29) is 10.6 Å². The highest BCUT2D eigenvalue weighted by atomic mass is 32.2. The fourth-order valence-corrected chi connectivity index (χ4v) is 4.78. The van der Waals surface area contributed by atoms with Crippen molar-refractivity contribution in [3.8, 4) is 0 Å². The number of thiophene rings is 1. The number of fused-ring (bicyclic) bond motifs is 1. The molecule has 0 atom stereocenters. The molecule has 0 amide bonds. The molecule has 1 heterocycles. The summed E-state index contributed by atoms with van der Waals surface area (Å²) < 4.78 is 28.4. The number of hydrogen-bond donors (Lipinski definition) is 3. The molecule has 2 rings (SSSR count). The minimum atomic E-state index is -3.71. The third-order valence-electron chi connectivity index (χ3n) is 3.15. The van der Waals surface area contributed by atoms with Gasteiger partial charge in [0.05, 0.1) is 5.56 Å². The molecule has 0 aliphatic heterocycles. The molecule has 20 heavy (non-hydrogen) atoms. The third kappa shape index (κ3) is 3.31. The SMILES string of the molecule is CCCNS(=O)(=O)Nc1sc2c(c1C(=O)O)CCCC2. The van der Waals surface area contributed by atoms with Crippen LogP contribution in [0, 0.1) is 0 Å². The lowest BCUT2D eigenvalue weighted by Gasteiger charge is -2.11. The van der Waals surface area contributed by atoms with Crippen LogP contribution in [0.5, 0.6) is 0 Å². The fourth-order valence-electron chi connectivity index (χ4n) is 2.26. The first-order chi connectivity index (χ1) is 9.44. The monoisotopic (exact) mass is 318 g/mol. The van der Waals surface area contributed by atoms with Crippen LogP contribution in [0.2, 0.25) is 0 Å². The second kappa shape index (κ2) is 6.11. The summed E-state index contributed by atoms with van der Waals surface area (Å²) in [6.07, 6.45) is 4.17. The lowest BCUT2D eigenvalue weighted by molar-refractivity contribution is 0.0697. The molecule has 0 radical (unpaired) electrons. The van der Waals surface area contributed by atoms with E-state index in [2.05, 4.69) is 9.44 Å². The zero-order valence-electron chi connectivity index (χ0n) is 11.2. The molecule has 0 unspecified atom stereocenters. The summed E-state index contributed by atoms with van der Waals surface area (Å²) in [6, 6.07) is 0. The number of carboxylic acids is 1. The Kier molecular flexibility index (Phi) is 4.66. The van der Waals surface area contributed by atoms with Gasteiger partial charge in [0.25, 0.3) is 10.2 Å². The lowest BCUT2D eigenvalue weighted by atomic mass is 9.96. The second-order valence-corrected chi connectivity index (χ2v) is 7.32. The van der Waals surface area contributed by atoms with E-state index in [1.54, 1.807) is 0 Å². The van der Waals surface area contributed by atoms with Crippen molar-refractivity contribution in [2.45, 2.75) is 39.0 Å². The van der Waals surface area contributed by atoms with Crippen molar-refractivity contribution in [1.29, 1.82) is 0 Å². The van der Waals surface area contributed by atoms with Gasteiger partial charge >= 0.3 is 5.97 Å². The van der Waals surface area contributed by atoms with Gasteiger partial charge < -0.3 is 5.11 Å². The van der Waals surface area contributed by atoms with E-state index in [4.69, 9.17) is 0 Å². The predicted molar refractivity (Wildman–Crippen MR) is 78.8 cm³/mol. The molecular weight excluding hydrogens is 300 g/mol. The lowest BCUT2D eigenvalue weighted by Crippen LogP contribution is -2.30. The van der Waals surface area contributed by atoms with Gasteiger partial charge in [-0.05, 0) is 37.7 Å². The molecule has 1 aliphatic carbocycles. The summed E-state index contributed by atoms with van der Waals surface area (Å²) in [6.45, 7) is 2.18. The van der Waals surface area contributed by atoms with Crippen LogP contribution in [0.15, 0.2) is 0 Å². The molecule has 0 bridgehead atoms. The number of nitrogens with one attached hydrogen (secondary N) is 2. The normalized spacial score (nSPS) is 14.8. The summed E-state index contributed by atoms with van der Waals surface area (Å²) in [7, 11) is -3.71. The Morgan fingerprint density at radius 3 is 2.70 bits per heavy atom. The fraction of sp³-hybridized carbons (Fsp3) is 0.583. The van der Waals surface area contributed by atoms with E-state index in [0.29, 0.717) is 19.4 Å². The van der Waals surface area contributed by atoms with Crippen LogP contribution >= 0.6 is 11.3 Å². The maximum absolute atomic E-state index is 11.8.